The van der Waals surface area contributed by atoms with E-state index >= 15 is 0 Å². The third kappa shape index (κ3) is 0.864. The molecule has 0 unspecified atom stereocenters. The van der Waals surface area contributed by atoms with Crippen molar-refractivity contribution in [1.82, 2.24) is 9.77 Å². The number of nitrogen functional groups attached to an aromatic ring is 2. The van der Waals surface area contributed by atoms with E-state index in [1.54, 1.807) is 0 Å². The van der Waals surface area contributed by atoms with Gasteiger partial charge in [0.15, 0.2) is 0 Å². The molecule has 0 aliphatic carbocycles. The molecule has 1 rings (SSSR count). The van der Waals surface area contributed by atoms with Crippen LogP contribution >= 0.6 is 0 Å². The van der Waals surface area contributed by atoms with Gasteiger partial charge in [-0.05, 0) is 0 Å². The van der Waals surface area contributed by atoms with Crippen molar-refractivity contribution in [2.75, 3.05) is 11.3 Å². The smallest absolute Gasteiger partial charge is 0.398 e. The molecule has 0 fully saturated rings. The first-order valence-electron chi connectivity index (χ1n) is 2.14. The first-order chi connectivity index (χ1) is 4.25. The molecule has 9 heavy (non-hydrogen) atoms. The zero-order valence-electron chi connectivity index (χ0n) is 4.48. The fourth-order valence-electron chi connectivity index (χ4n) is 0.440. The Morgan fingerprint density at radius 3 is 2.78 bits per heavy atom. The molecular formula is C2H6N6S. The molecule has 0 spiro atoms. The van der Waals surface area contributed by atoms with Crippen molar-refractivity contribution in [1.29, 1.82) is 0 Å². The van der Waals surface area contributed by atoms with Crippen molar-refractivity contribution in [2.24, 2.45) is 5.84 Å². The second-order valence-electron chi connectivity index (χ2n) is 1.38. The third-order valence-electron chi connectivity index (χ3n) is 0.836. The van der Waals surface area contributed by atoms with Crippen LogP contribution in [0.1, 0.15) is 0 Å². The van der Waals surface area contributed by atoms with Crippen LogP contribution in [-0.2, 0) is 12.8 Å². The summed E-state index contributed by atoms with van der Waals surface area (Å²) in [5, 5.41) is 3.61. The minimum Gasteiger partial charge on any atom is -0.570 e. The van der Waals surface area contributed by atoms with Crippen LogP contribution in [0.4, 0.5) is 5.95 Å². The molecule has 1 aromatic rings. The van der Waals surface area contributed by atoms with Gasteiger partial charge in [-0.3, -0.25) is 5.84 Å². The lowest BCUT2D eigenvalue weighted by molar-refractivity contribution is -0.545. The highest BCUT2D eigenvalue weighted by molar-refractivity contribution is 7.50. The van der Waals surface area contributed by atoms with Gasteiger partial charge in [0.05, 0.1) is 0 Å². The summed E-state index contributed by atoms with van der Waals surface area (Å²) in [4.78, 5) is 0. The summed E-state index contributed by atoms with van der Waals surface area (Å²) in [6.07, 6.45) is 1.35. The highest BCUT2D eigenvalue weighted by Crippen LogP contribution is 1.86. The second kappa shape index (κ2) is 2.03. The minimum atomic E-state index is 0.366. The normalized spacial score (nSPS) is 9.44. The number of hydrazine groups is 1. The summed E-state index contributed by atoms with van der Waals surface area (Å²) in [7, 11) is 0. The summed E-state index contributed by atoms with van der Waals surface area (Å²) < 4.78 is 2.30. The number of rotatable bonds is 1. The number of nitrogens with two attached hydrogens (primary N) is 2. The van der Waals surface area contributed by atoms with Gasteiger partial charge in [0.25, 0.3) is 0 Å². The average molecular weight is 146 g/mol. The SMILES string of the molecule is NNc1n(N)cn[n+]1[S-]. The molecule has 1 heterocycles. The van der Waals surface area contributed by atoms with Crippen molar-refractivity contribution >= 4 is 18.8 Å². The molecule has 0 amide bonds. The molecule has 0 radical (unpaired) electrons. The van der Waals surface area contributed by atoms with E-state index in [4.69, 9.17) is 11.7 Å². The topological polar surface area (TPSA) is 85.8 Å². The Bertz CT molecular complexity index is 185. The maximum Gasteiger partial charge on any atom is 0.398 e. The first kappa shape index (κ1) is 6.05. The van der Waals surface area contributed by atoms with Crippen LogP contribution in [0.3, 0.4) is 0 Å². The van der Waals surface area contributed by atoms with Crippen LogP contribution < -0.4 is 21.2 Å². The molecule has 0 saturated carbocycles. The monoisotopic (exact) mass is 146 g/mol. The Morgan fingerprint density at radius 2 is 2.56 bits per heavy atom. The predicted molar refractivity (Wildman–Crippen MR) is 33.1 cm³/mol. The molecule has 7 heteroatoms. The highest BCUT2D eigenvalue weighted by Gasteiger charge is 2.04. The number of hydrogen-bond donors (Lipinski definition) is 3. The molecule has 1 aromatic heterocycles. The summed E-state index contributed by atoms with van der Waals surface area (Å²) >= 11 is 4.63. The van der Waals surface area contributed by atoms with Crippen LogP contribution in [0.2, 0.25) is 0 Å². The van der Waals surface area contributed by atoms with E-state index in [0.717, 1.165) is 4.09 Å². The first-order valence-corrected chi connectivity index (χ1v) is 2.51. The van der Waals surface area contributed by atoms with Gasteiger partial charge in [-0.15, -0.1) is 9.77 Å². The van der Waals surface area contributed by atoms with Crippen LogP contribution in [0.25, 0.3) is 0 Å². The Hall–Kier alpha value is -1.08. The van der Waals surface area contributed by atoms with Crippen LogP contribution in [0, 0.1) is 0 Å². The van der Waals surface area contributed by atoms with Gasteiger partial charge in [-0.2, -0.15) is 5.84 Å². The lowest BCUT2D eigenvalue weighted by atomic mass is 11.1. The Morgan fingerprint density at radius 1 is 1.89 bits per heavy atom. The number of nitrogens with zero attached hydrogens (tertiary/aromatic N) is 3. The fourth-order valence-corrected chi connectivity index (χ4v) is 0.630. The summed E-state index contributed by atoms with van der Waals surface area (Å²) in [6, 6.07) is 0. The zero-order chi connectivity index (χ0) is 6.85. The number of aromatic nitrogens is 3. The Balaban J connectivity index is 3.07. The maximum atomic E-state index is 5.28. The predicted octanol–water partition coefficient (Wildman–Crippen LogP) is -2.52. The molecule has 5 N–H and O–H groups in total. The minimum absolute atomic E-state index is 0.366. The van der Waals surface area contributed by atoms with Crippen LogP contribution in [0.15, 0.2) is 6.33 Å². The van der Waals surface area contributed by atoms with Gasteiger partial charge in [-0.25, -0.2) is 9.51 Å². The highest BCUT2D eigenvalue weighted by atomic mass is 32.1. The fraction of sp³-hybridized carbons (Fsp3) is 0. The average Bonchev–Trinajstić information content (AvgIpc) is 2.12. The van der Waals surface area contributed by atoms with E-state index in [0.29, 0.717) is 5.95 Å². The summed E-state index contributed by atoms with van der Waals surface area (Å²) in [5.41, 5.74) is 2.28. The van der Waals surface area contributed by atoms with Crippen molar-refractivity contribution in [3.05, 3.63) is 6.33 Å². The summed E-state index contributed by atoms with van der Waals surface area (Å²) in [5.74, 6) is 10.7. The van der Waals surface area contributed by atoms with Crippen molar-refractivity contribution in [2.45, 2.75) is 0 Å². The van der Waals surface area contributed by atoms with E-state index in [1.165, 1.54) is 11.0 Å². The molecule has 0 saturated heterocycles. The van der Waals surface area contributed by atoms with Crippen molar-refractivity contribution in [3.63, 3.8) is 0 Å². The van der Waals surface area contributed by atoms with Crippen LogP contribution in [-0.4, -0.2) is 9.77 Å². The van der Waals surface area contributed by atoms with Gasteiger partial charge >= 0.3 is 5.95 Å². The molecule has 0 aliphatic rings. The number of nitrogens with one attached hydrogen (secondary N) is 1. The van der Waals surface area contributed by atoms with Crippen molar-refractivity contribution < 1.29 is 4.09 Å². The van der Waals surface area contributed by atoms with Crippen LogP contribution in [0.5, 0.6) is 0 Å². The van der Waals surface area contributed by atoms with E-state index in [2.05, 4.69) is 23.3 Å². The standard InChI is InChI=1S/C2H6N6S/c3-6-2-7(4)1-5-8(2)9/h1,6H,3-4H2. The largest absolute Gasteiger partial charge is 0.570 e. The Labute approximate surface area is 56.9 Å². The van der Waals surface area contributed by atoms with Gasteiger partial charge in [-0.1, -0.05) is 0 Å². The van der Waals surface area contributed by atoms with Crippen molar-refractivity contribution in [3.8, 4) is 0 Å². The third-order valence-corrected chi connectivity index (χ3v) is 1.10. The molecule has 0 aromatic carbocycles. The van der Waals surface area contributed by atoms with Gasteiger partial charge in [0.1, 0.15) is 0 Å². The lowest BCUT2D eigenvalue weighted by Gasteiger charge is -1.97. The zero-order valence-corrected chi connectivity index (χ0v) is 5.30. The van der Waals surface area contributed by atoms with E-state index < -0.39 is 0 Å². The maximum absolute atomic E-state index is 5.28. The van der Waals surface area contributed by atoms with E-state index in [1.807, 2.05) is 0 Å². The van der Waals surface area contributed by atoms with Gasteiger partial charge in [0, 0.05) is 0 Å². The number of anilines is 1. The molecule has 0 atom stereocenters. The number of hydrogen-bond acceptors (Lipinski definition) is 5. The Kier molecular flexibility index (Phi) is 1.37. The van der Waals surface area contributed by atoms with E-state index in [-0.39, 0.29) is 0 Å². The molecule has 50 valence electrons. The van der Waals surface area contributed by atoms with E-state index in [9.17, 15) is 0 Å². The van der Waals surface area contributed by atoms with Gasteiger partial charge in [0.2, 0.25) is 6.33 Å². The summed E-state index contributed by atoms with van der Waals surface area (Å²) in [6.45, 7) is 0. The quantitative estimate of drug-likeness (QED) is 0.176. The van der Waals surface area contributed by atoms with Gasteiger partial charge < -0.3 is 12.8 Å². The molecule has 6 nitrogen and oxygen atoms in total. The molecule has 0 bridgehead atoms. The second-order valence-corrected chi connectivity index (χ2v) is 1.72. The molecule has 0 aliphatic heterocycles. The molecular weight excluding hydrogens is 140 g/mol. The lowest BCUT2D eigenvalue weighted by Crippen LogP contribution is -2.35.